The maximum atomic E-state index is 13.5. The van der Waals surface area contributed by atoms with Crippen LogP contribution in [0.3, 0.4) is 0 Å². The van der Waals surface area contributed by atoms with Crippen LogP contribution in [0.5, 0.6) is 0 Å². The topological polar surface area (TPSA) is 53.6 Å². The van der Waals surface area contributed by atoms with E-state index in [4.69, 9.17) is 0 Å². The van der Waals surface area contributed by atoms with Crippen LogP contribution in [0, 0.1) is 12.9 Å². The Kier molecular flexibility index (Phi) is 2.76. The van der Waals surface area contributed by atoms with Gasteiger partial charge in [0.05, 0.1) is 11.2 Å². The number of hydrogen-bond donors (Lipinski definition) is 2. The highest BCUT2D eigenvalue weighted by atomic mass is 19.1. The van der Waals surface area contributed by atoms with E-state index in [1.54, 1.807) is 12.3 Å². The molecule has 0 aliphatic carbocycles. The summed E-state index contributed by atoms with van der Waals surface area (Å²) in [4.78, 5) is 11.8. The molecule has 0 radical (unpaired) electrons. The maximum Gasteiger partial charge on any atom is 0.213 e. The van der Waals surface area contributed by atoms with Gasteiger partial charge in [-0.05, 0) is 30.7 Å². The van der Waals surface area contributed by atoms with Crippen molar-refractivity contribution in [1.82, 2.24) is 20.3 Å². The van der Waals surface area contributed by atoms with Gasteiger partial charge in [0.1, 0.15) is 5.52 Å². The van der Waals surface area contributed by atoms with Crippen LogP contribution < -0.4 is 5.32 Å². The van der Waals surface area contributed by atoms with E-state index in [2.05, 4.69) is 33.8 Å². The second kappa shape index (κ2) is 4.66. The van der Waals surface area contributed by atoms with Crippen LogP contribution in [-0.4, -0.2) is 21.5 Å². The number of halogens is 1. The van der Waals surface area contributed by atoms with Gasteiger partial charge in [0.25, 0.3) is 0 Å². The van der Waals surface area contributed by atoms with Gasteiger partial charge in [-0.3, -0.25) is 4.98 Å². The maximum absolute atomic E-state index is 13.5. The minimum absolute atomic E-state index is 0.498. The van der Waals surface area contributed by atoms with Gasteiger partial charge >= 0.3 is 0 Å². The summed E-state index contributed by atoms with van der Waals surface area (Å²) in [7, 11) is 0. The fourth-order valence-electron chi connectivity index (χ4n) is 3.15. The molecule has 3 aromatic rings. The van der Waals surface area contributed by atoms with Gasteiger partial charge in [0.15, 0.2) is 0 Å². The lowest BCUT2D eigenvalue weighted by atomic mass is 10.00. The molecular formula is C17H15FN4. The Balaban J connectivity index is 2.00. The quantitative estimate of drug-likeness (QED) is 0.678. The summed E-state index contributed by atoms with van der Waals surface area (Å²) in [5, 5.41) is 3.29. The molecule has 0 saturated heterocycles. The second-order valence-electron chi connectivity index (χ2n) is 5.49. The fraction of sp³-hybridized carbons (Fsp3) is 0.176. The number of nitrogens with one attached hydrogen (secondary N) is 2. The van der Waals surface area contributed by atoms with Gasteiger partial charge < -0.3 is 10.3 Å². The van der Waals surface area contributed by atoms with E-state index >= 15 is 0 Å². The van der Waals surface area contributed by atoms with Crippen molar-refractivity contribution in [3.63, 3.8) is 0 Å². The van der Waals surface area contributed by atoms with Crippen LogP contribution >= 0.6 is 0 Å². The lowest BCUT2D eigenvalue weighted by Gasteiger charge is -2.17. The average molecular weight is 294 g/mol. The standard InChI is InChI=1S/C17H15FN4/c1-9-15-10(2)19-8-6-12(15)21-16(9)11-5-7-20-13-3-4-14(18)22-17(11)13/h3-5,7,19,21H,2,6,8H2,1H3. The molecule has 1 aliphatic heterocycles. The molecule has 0 bridgehead atoms. The third kappa shape index (κ3) is 1.82. The summed E-state index contributed by atoms with van der Waals surface area (Å²) >= 11 is 0. The molecule has 22 heavy (non-hydrogen) atoms. The van der Waals surface area contributed by atoms with Crippen molar-refractivity contribution < 1.29 is 4.39 Å². The van der Waals surface area contributed by atoms with Crippen LogP contribution in [0.2, 0.25) is 0 Å². The Morgan fingerprint density at radius 2 is 2.14 bits per heavy atom. The summed E-state index contributed by atoms with van der Waals surface area (Å²) in [5.74, 6) is -0.498. The van der Waals surface area contributed by atoms with Crippen molar-refractivity contribution in [2.24, 2.45) is 0 Å². The van der Waals surface area contributed by atoms with E-state index < -0.39 is 5.95 Å². The number of rotatable bonds is 1. The number of H-pyrrole nitrogens is 1. The lowest BCUT2D eigenvalue weighted by Crippen LogP contribution is -2.21. The summed E-state index contributed by atoms with van der Waals surface area (Å²) in [6.45, 7) is 7.00. The molecule has 1 aliphatic rings. The van der Waals surface area contributed by atoms with Crippen LogP contribution in [0.25, 0.3) is 28.0 Å². The fourth-order valence-corrected chi connectivity index (χ4v) is 3.15. The van der Waals surface area contributed by atoms with E-state index in [9.17, 15) is 4.39 Å². The minimum Gasteiger partial charge on any atom is -0.385 e. The number of nitrogens with zero attached hydrogens (tertiary/aromatic N) is 2. The third-order valence-corrected chi connectivity index (χ3v) is 4.16. The van der Waals surface area contributed by atoms with Crippen molar-refractivity contribution in [3.05, 3.63) is 53.7 Å². The molecule has 0 spiro atoms. The Hall–Kier alpha value is -2.69. The zero-order valence-corrected chi connectivity index (χ0v) is 12.2. The molecule has 2 N–H and O–H groups in total. The highest BCUT2D eigenvalue weighted by molar-refractivity contribution is 5.92. The normalized spacial score (nSPS) is 14.0. The number of aromatic nitrogens is 3. The first-order valence-corrected chi connectivity index (χ1v) is 7.21. The van der Waals surface area contributed by atoms with Crippen molar-refractivity contribution in [2.45, 2.75) is 13.3 Å². The molecule has 0 fully saturated rings. The molecule has 4 heterocycles. The van der Waals surface area contributed by atoms with Crippen molar-refractivity contribution in [2.75, 3.05) is 6.54 Å². The smallest absolute Gasteiger partial charge is 0.213 e. The van der Waals surface area contributed by atoms with Crippen LogP contribution in [-0.2, 0) is 6.42 Å². The van der Waals surface area contributed by atoms with Crippen molar-refractivity contribution >= 4 is 16.7 Å². The highest BCUT2D eigenvalue weighted by Crippen LogP contribution is 2.34. The van der Waals surface area contributed by atoms with Gasteiger partial charge in [0, 0.05) is 41.7 Å². The second-order valence-corrected chi connectivity index (χ2v) is 5.49. The lowest BCUT2D eigenvalue weighted by molar-refractivity contribution is 0.589. The predicted molar refractivity (Wildman–Crippen MR) is 84.8 cm³/mol. The number of pyridine rings is 2. The van der Waals surface area contributed by atoms with Crippen molar-refractivity contribution in [1.29, 1.82) is 0 Å². The third-order valence-electron chi connectivity index (χ3n) is 4.16. The SMILES string of the molecule is C=C1NCCc2[nH]c(-c3ccnc4ccc(F)nc34)c(C)c21. The monoisotopic (exact) mass is 294 g/mol. The van der Waals surface area contributed by atoms with Crippen LogP contribution in [0.1, 0.15) is 16.8 Å². The van der Waals surface area contributed by atoms with Gasteiger partial charge in [-0.15, -0.1) is 0 Å². The van der Waals surface area contributed by atoms with Crippen LogP contribution in [0.15, 0.2) is 31.0 Å². The largest absolute Gasteiger partial charge is 0.385 e. The van der Waals surface area contributed by atoms with Gasteiger partial charge in [-0.1, -0.05) is 6.58 Å². The molecule has 0 amide bonds. The Morgan fingerprint density at radius 3 is 2.95 bits per heavy atom. The van der Waals surface area contributed by atoms with E-state index in [0.717, 1.165) is 46.7 Å². The summed E-state index contributed by atoms with van der Waals surface area (Å²) < 4.78 is 13.5. The zero-order valence-electron chi connectivity index (χ0n) is 12.2. The summed E-state index contributed by atoms with van der Waals surface area (Å²) in [5.41, 5.74) is 7.40. The molecule has 0 atom stereocenters. The van der Waals surface area contributed by atoms with Crippen LogP contribution in [0.4, 0.5) is 4.39 Å². The summed E-state index contributed by atoms with van der Waals surface area (Å²) in [6, 6.07) is 4.85. The molecular weight excluding hydrogens is 279 g/mol. The molecule has 4 nitrogen and oxygen atoms in total. The number of fused-ring (bicyclic) bond motifs is 2. The molecule has 3 aromatic heterocycles. The molecule has 110 valence electrons. The first-order chi connectivity index (χ1) is 10.6. The number of aromatic amines is 1. The highest BCUT2D eigenvalue weighted by Gasteiger charge is 2.21. The van der Waals surface area contributed by atoms with Crippen molar-refractivity contribution in [3.8, 4) is 11.3 Å². The molecule has 0 aromatic carbocycles. The first kappa shape index (κ1) is 13.0. The Morgan fingerprint density at radius 1 is 1.27 bits per heavy atom. The predicted octanol–water partition coefficient (Wildman–Crippen LogP) is 3.19. The van der Waals surface area contributed by atoms with E-state index in [0.29, 0.717) is 11.0 Å². The average Bonchev–Trinajstić information content (AvgIpc) is 2.85. The number of hydrogen-bond acceptors (Lipinski definition) is 3. The Labute approximate surface area is 127 Å². The van der Waals surface area contributed by atoms with Gasteiger partial charge in [-0.25, -0.2) is 4.98 Å². The van der Waals surface area contributed by atoms with E-state index in [1.165, 1.54) is 6.07 Å². The molecule has 4 rings (SSSR count). The minimum atomic E-state index is -0.498. The molecule has 0 saturated carbocycles. The zero-order chi connectivity index (χ0) is 15.3. The first-order valence-electron chi connectivity index (χ1n) is 7.21. The van der Waals surface area contributed by atoms with Gasteiger partial charge in [0.2, 0.25) is 5.95 Å². The summed E-state index contributed by atoms with van der Waals surface area (Å²) in [6.07, 6.45) is 2.64. The van der Waals surface area contributed by atoms with Gasteiger partial charge in [-0.2, -0.15) is 4.39 Å². The van der Waals surface area contributed by atoms with E-state index in [1.807, 2.05) is 6.07 Å². The van der Waals surface area contributed by atoms with E-state index in [-0.39, 0.29) is 0 Å². The Bertz CT molecular complexity index is 910. The molecule has 5 heteroatoms. The molecule has 0 unspecified atom stereocenters.